The highest BCUT2D eigenvalue weighted by molar-refractivity contribution is 6.05. The first kappa shape index (κ1) is 25.9. The van der Waals surface area contributed by atoms with Crippen LogP contribution in [0.4, 0.5) is 11.5 Å². The molecule has 5 aromatic rings. The first-order valence-corrected chi connectivity index (χ1v) is 12.9. The summed E-state index contributed by atoms with van der Waals surface area (Å²) in [6.45, 7) is 2.77. The minimum Gasteiger partial charge on any atom is -0.497 e. The van der Waals surface area contributed by atoms with Gasteiger partial charge in [-0.1, -0.05) is 55.5 Å². The van der Waals surface area contributed by atoms with Gasteiger partial charge in [0.25, 0.3) is 5.91 Å². The van der Waals surface area contributed by atoms with Crippen LogP contribution >= 0.6 is 0 Å². The van der Waals surface area contributed by atoms with Gasteiger partial charge in [-0.05, 0) is 59.5 Å². The molecule has 1 amide bonds. The zero-order valence-electron chi connectivity index (χ0n) is 22.6. The molecule has 2 aromatic heterocycles. The van der Waals surface area contributed by atoms with E-state index in [1.807, 2.05) is 84.4 Å². The summed E-state index contributed by atoms with van der Waals surface area (Å²) in [4.78, 5) is 20.4. The minimum absolute atomic E-state index is 0.226. The number of fused-ring (bicyclic) bond motifs is 1. The van der Waals surface area contributed by atoms with Crippen molar-refractivity contribution in [2.24, 2.45) is 0 Å². The number of carbonyl (C=O) groups excluding carboxylic acids is 1. The van der Waals surface area contributed by atoms with Crippen molar-refractivity contribution in [2.75, 3.05) is 31.5 Å². The molecule has 5 rings (SSSR count). The van der Waals surface area contributed by atoms with Crippen LogP contribution in [0.2, 0.25) is 0 Å². The molecule has 39 heavy (non-hydrogen) atoms. The number of nitrogens with one attached hydrogen (secondary N) is 1. The molecule has 0 radical (unpaired) electrons. The van der Waals surface area contributed by atoms with E-state index in [0.717, 1.165) is 46.0 Å². The van der Waals surface area contributed by atoms with Crippen molar-refractivity contribution in [3.05, 3.63) is 108 Å². The molecule has 0 bridgehead atoms. The van der Waals surface area contributed by atoms with Gasteiger partial charge >= 0.3 is 0 Å². The fourth-order valence-corrected chi connectivity index (χ4v) is 4.75. The summed E-state index contributed by atoms with van der Waals surface area (Å²) in [5.41, 5.74) is 6.10. The lowest BCUT2D eigenvalue weighted by molar-refractivity contribution is 0.102. The number of carbonyl (C=O) groups is 1. The Bertz CT molecular complexity index is 1590. The van der Waals surface area contributed by atoms with E-state index in [1.54, 1.807) is 20.3 Å². The molecule has 0 fully saturated rings. The number of benzene rings is 3. The number of hydrogen-bond acceptors (Lipinski definition) is 5. The van der Waals surface area contributed by atoms with Crippen LogP contribution in [0.5, 0.6) is 11.5 Å². The normalized spacial score (nSPS) is 10.9. The van der Waals surface area contributed by atoms with Crippen LogP contribution in [0.15, 0.2) is 91.1 Å². The van der Waals surface area contributed by atoms with Crippen LogP contribution in [-0.4, -0.2) is 36.6 Å². The molecule has 7 nitrogen and oxygen atoms in total. The Morgan fingerprint density at radius 3 is 2.38 bits per heavy atom. The number of nitrogens with zero attached hydrogens (tertiary/aromatic N) is 3. The van der Waals surface area contributed by atoms with Gasteiger partial charge in [-0.25, -0.2) is 4.98 Å². The summed E-state index contributed by atoms with van der Waals surface area (Å²) in [5, 5.41) is 3.05. The number of hydrogen-bond donors (Lipinski definition) is 1. The van der Waals surface area contributed by atoms with E-state index in [9.17, 15) is 4.79 Å². The number of ether oxygens (including phenoxy) is 2. The van der Waals surface area contributed by atoms with E-state index < -0.39 is 0 Å². The van der Waals surface area contributed by atoms with E-state index >= 15 is 0 Å². The number of pyridine rings is 1. The number of rotatable bonds is 9. The molecule has 3 aromatic carbocycles. The third kappa shape index (κ3) is 5.43. The third-order valence-corrected chi connectivity index (χ3v) is 6.76. The Morgan fingerprint density at radius 2 is 1.69 bits per heavy atom. The number of imidazole rings is 1. The molecule has 0 saturated heterocycles. The maximum Gasteiger partial charge on any atom is 0.257 e. The van der Waals surface area contributed by atoms with Crippen molar-refractivity contribution in [3.63, 3.8) is 0 Å². The lowest BCUT2D eigenvalue weighted by atomic mass is 10.0. The Hall–Kier alpha value is -4.78. The Balaban J connectivity index is 1.45. The maximum atomic E-state index is 13.5. The van der Waals surface area contributed by atoms with Crippen molar-refractivity contribution < 1.29 is 14.3 Å². The van der Waals surface area contributed by atoms with Crippen molar-refractivity contribution in [1.29, 1.82) is 0 Å². The lowest BCUT2D eigenvalue weighted by Gasteiger charge is -2.20. The zero-order valence-corrected chi connectivity index (χ0v) is 22.6. The highest BCUT2D eigenvalue weighted by Crippen LogP contribution is 2.31. The van der Waals surface area contributed by atoms with Gasteiger partial charge < -0.3 is 19.7 Å². The van der Waals surface area contributed by atoms with Gasteiger partial charge in [0, 0.05) is 19.8 Å². The SMILES string of the molecule is CCc1nc2ccc(C(=O)Nc3cc(-c4ccccc4)ccc3OC)cn2c1N(C)Cc1ccc(OC)cc1. The first-order valence-electron chi connectivity index (χ1n) is 12.9. The van der Waals surface area contributed by atoms with E-state index in [4.69, 9.17) is 14.5 Å². The van der Waals surface area contributed by atoms with Crippen molar-refractivity contribution in [1.82, 2.24) is 9.38 Å². The molecular weight excluding hydrogens is 488 g/mol. The number of amides is 1. The van der Waals surface area contributed by atoms with Crippen molar-refractivity contribution >= 4 is 23.1 Å². The second kappa shape index (κ2) is 11.3. The molecule has 1 N–H and O–H groups in total. The molecule has 0 aliphatic heterocycles. The summed E-state index contributed by atoms with van der Waals surface area (Å²) in [5.74, 6) is 2.16. The van der Waals surface area contributed by atoms with Gasteiger partial charge in [-0.3, -0.25) is 9.20 Å². The highest BCUT2D eigenvalue weighted by Gasteiger charge is 2.18. The van der Waals surface area contributed by atoms with Crippen LogP contribution in [0.25, 0.3) is 16.8 Å². The Kier molecular flexibility index (Phi) is 7.50. The second-order valence-corrected chi connectivity index (χ2v) is 9.32. The van der Waals surface area contributed by atoms with Gasteiger partial charge in [0.1, 0.15) is 23.0 Å². The largest absolute Gasteiger partial charge is 0.497 e. The van der Waals surface area contributed by atoms with Gasteiger partial charge in [-0.2, -0.15) is 0 Å². The molecule has 0 spiro atoms. The quantitative estimate of drug-likeness (QED) is 0.241. The van der Waals surface area contributed by atoms with Crippen LogP contribution < -0.4 is 19.7 Å². The number of methoxy groups -OCH3 is 2. The predicted octanol–water partition coefficient (Wildman–Crippen LogP) is 6.47. The molecule has 198 valence electrons. The molecule has 0 aliphatic carbocycles. The fourth-order valence-electron chi connectivity index (χ4n) is 4.75. The molecule has 0 unspecified atom stereocenters. The molecular formula is C32H32N4O3. The lowest BCUT2D eigenvalue weighted by Crippen LogP contribution is -2.20. The van der Waals surface area contributed by atoms with Crippen LogP contribution in [-0.2, 0) is 13.0 Å². The fraction of sp³-hybridized carbons (Fsp3) is 0.188. The molecule has 0 aliphatic rings. The first-order chi connectivity index (χ1) is 19.0. The van der Waals surface area contributed by atoms with E-state index in [-0.39, 0.29) is 5.91 Å². The van der Waals surface area contributed by atoms with Gasteiger partial charge in [0.15, 0.2) is 0 Å². The van der Waals surface area contributed by atoms with Crippen molar-refractivity contribution in [3.8, 4) is 22.6 Å². The molecule has 0 saturated carbocycles. The monoisotopic (exact) mass is 520 g/mol. The van der Waals surface area contributed by atoms with E-state index in [2.05, 4.69) is 29.3 Å². The van der Waals surface area contributed by atoms with Gasteiger partial charge in [0.05, 0.1) is 31.2 Å². The summed E-state index contributed by atoms with van der Waals surface area (Å²) in [6, 6.07) is 27.6. The zero-order chi connectivity index (χ0) is 27.4. The molecule has 7 heteroatoms. The topological polar surface area (TPSA) is 68.1 Å². The summed E-state index contributed by atoms with van der Waals surface area (Å²) >= 11 is 0. The summed E-state index contributed by atoms with van der Waals surface area (Å²) in [7, 11) is 5.30. The Morgan fingerprint density at radius 1 is 0.923 bits per heavy atom. The highest BCUT2D eigenvalue weighted by atomic mass is 16.5. The minimum atomic E-state index is -0.226. The smallest absolute Gasteiger partial charge is 0.257 e. The second-order valence-electron chi connectivity index (χ2n) is 9.32. The van der Waals surface area contributed by atoms with Crippen LogP contribution in [0, 0.1) is 0 Å². The van der Waals surface area contributed by atoms with E-state index in [0.29, 0.717) is 23.5 Å². The summed E-state index contributed by atoms with van der Waals surface area (Å²) in [6.07, 6.45) is 2.62. The number of aromatic nitrogens is 2. The summed E-state index contributed by atoms with van der Waals surface area (Å²) < 4.78 is 12.8. The predicted molar refractivity (Wildman–Crippen MR) is 156 cm³/mol. The van der Waals surface area contributed by atoms with E-state index in [1.165, 1.54) is 0 Å². The van der Waals surface area contributed by atoms with Crippen LogP contribution in [0.3, 0.4) is 0 Å². The standard InChI is InChI=1S/C32H32N4O3/c1-5-27-32(35(2)20-22-11-15-26(38-3)16-12-22)36-21-25(14-18-30(36)33-27)31(37)34-28-19-24(13-17-29(28)39-4)23-9-7-6-8-10-23/h6-19,21H,5,20H2,1-4H3,(H,34,37). The molecule has 0 atom stereocenters. The number of anilines is 2. The van der Waals surface area contributed by atoms with Crippen molar-refractivity contribution in [2.45, 2.75) is 19.9 Å². The van der Waals surface area contributed by atoms with Gasteiger partial charge in [-0.15, -0.1) is 0 Å². The number of aryl methyl sites for hydroxylation is 1. The maximum absolute atomic E-state index is 13.5. The average Bonchev–Trinajstić information content (AvgIpc) is 3.36. The Labute approximate surface area is 228 Å². The van der Waals surface area contributed by atoms with Gasteiger partial charge in [0.2, 0.25) is 0 Å². The van der Waals surface area contributed by atoms with Crippen LogP contribution in [0.1, 0.15) is 28.5 Å². The molecule has 2 heterocycles. The third-order valence-electron chi connectivity index (χ3n) is 6.76. The average molecular weight is 521 g/mol.